The summed E-state index contributed by atoms with van der Waals surface area (Å²) in [7, 11) is -9.46. The van der Waals surface area contributed by atoms with Crippen LogP contribution in [0.3, 0.4) is 0 Å². The number of unbranched alkanes of at least 4 members (excludes halogenated alkanes) is 3. The zero-order valence-corrected chi connectivity index (χ0v) is 17.4. The minimum atomic E-state index is -3.68. The Kier molecular flexibility index (Phi) is 13.1. The van der Waals surface area contributed by atoms with Crippen molar-refractivity contribution in [2.75, 3.05) is 0 Å². The fourth-order valence-corrected chi connectivity index (χ4v) is 10.0. The van der Waals surface area contributed by atoms with Crippen LogP contribution in [0.5, 0.6) is 0 Å². The molecule has 0 radical (unpaired) electrons. The summed E-state index contributed by atoms with van der Waals surface area (Å²) >= 11 is 0. The average molecular weight is 391 g/mol. The Hall–Kier alpha value is 0.331. The van der Waals surface area contributed by atoms with Crippen molar-refractivity contribution in [1.29, 1.82) is 0 Å². The highest BCUT2D eigenvalue weighted by Crippen LogP contribution is 2.34. The summed E-state index contributed by atoms with van der Waals surface area (Å²) in [5.41, 5.74) is 0. The van der Waals surface area contributed by atoms with Crippen molar-refractivity contribution in [3.05, 3.63) is 0 Å². The van der Waals surface area contributed by atoms with Crippen molar-refractivity contribution in [2.24, 2.45) is 0 Å². The molecule has 0 aliphatic carbocycles. The lowest BCUT2D eigenvalue weighted by Gasteiger charge is -2.45. The smallest absolute Gasteiger partial charge is 0.412 e. The van der Waals surface area contributed by atoms with Crippen molar-refractivity contribution in [3.8, 4) is 0 Å². The van der Waals surface area contributed by atoms with E-state index in [-0.39, 0.29) is 11.5 Å². The van der Waals surface area contributed by atoms with E-state index < -0.39 is 26.4 Å². The first-order valence-electron chi connectivity index (χ1n) is 8.12. The van der Waals surface area contributed by atoms with Crippen LogP contribution in [-0.4, -0.2) is 55.9 Å². The molecule has 7 N–H and O–H groups in total. The summed E-state index contributed by atoms with van der Waals surface area (Å²) in [6, 6.07) is 1.35. The third-order valence-electron chi connectivity index (χ3n) is 3.20. The molecule has 0 aromatic carbocycles. The molecule has 0 aromatic rings. The van der Waals surface area contributed by atoms with Gasteiger partial charge in [-0.05, 0) is 19.3 Å². The minimum absolute atomic E-state index is 0. The van der Waals surface area contributed by atoms with Gasteiger partial charge in [-0.25, -0.2) is 0 Å². The van der Waals surface area contributed by atoms with Gasteiger partial charge in [0.1, 0.15) is 0 Å². The summed E-state index contributed by atoms with van der Waals surface area (Å²) < 4.78 is 10.6. The van der Waals surface area contributed by atoms with Crippen LogP contribution in [0.25, 0.3) is 0 Å². The quantitative estimate of drug-likeness (QED) is 0.357. The van der Waals surface area contributed by atoms with E-state index in [0.717, 1.165) is 32.1 Å². The second kappa shape index (κ2) is 11.8. The monoisotopic (exact) mass is 390 g/mol. The molecule has 11 heteroatoms. The largest absolute Gasteiger partial charge is 0.492 e. The fraction of sp³-hybridized carbons (Fsp3) is 1.00. The lowest BCUT2D eigenvalue weighted by Crippen LogP contribution is -2.71. The van der Waals surface area contributed by atoms with Gasteiger partial charge in [-0.3, -0.25) is 0 Å². The van der Waals surface area contributed by atoms with Crippen LogP contribution >= 0.6 is 0 Å². The van der Waals surface area contributed by atoms with E-state index in [1.165, 1.54) is 0 Å². The molecular formula is C12H34O8Si3. The number of hydrogen-bond donors (Lipinski definition) is 5. The first-order valence-corrected chi connectivity index (χ1v) is 14.1. The molecule has 1 aliphatic heterocycles. The van der Waals surface area contributed by atoms with Crippen LogP contribution in [0.1, 0.15) is 59.3 Å². The normalized spacial score (nSPS) is 26.6. The lowest BCUT2D eigenvalue weighted by molar-refractivity contribution is 0.0642. The molecule has 1 aliphatic rings. The Morgan fingerprint density at radius 2 is 1.09 bits per heavy atom. The highest BCUT2D eigenvalue weighted by Gasteiger charge is 2.62. The zero-order chi connectivity index (χ0) is 17.3. The Bertz CT molecular complexity index is 277. The van der Waals surface area contributed by atoms with Crippen molar-refractivity contribution < 1.29 is 37.7 Å². The van der Waals surface area contributed by atoms with E-state index >= 15 is 0 Å². The standard InChI is InChI=1S/C8H20O4Si2.C4H12O3Si.H2O/c1-3-5-7-13(9)11-14(10,12-13)8-6-4-2;1-2-3-4-8(5,6)7;/h9-10H,3-8H2,1-2H3;5-7H,2-4H2,1H3;1H2. The van der Waals surface area contributed by atoms with Crippen LogP contribution < -0.4 is 0 Å². The Morgan fingerprint density at radius 1 is 0.739 bits per heavy atom. The van der Waals surface area contributed by atoms with Crippen molar-refractivity contribution in [2.45, 2.75) is 77.4 Å². The van der Waals surface area contributed by atoms with E-state index in [0.29, 0.717) is 18.5 Å². The average Bonchev–Trinajstić information content (AvgIpc) is 2.39. The molecule has 0 atom stereocenters. The first kappa shape index (κ1) is 25.6. The van der Waals surface area contributed by atoms with Gasteiger partial charge in [-0.1, -0.05) is 40.0 Å². The van der Waals surface area contributed by atoms with Gasteiger partial charge in [0.05, 0.1) is 0 Å². The molecule has 0 spiro atoms. The van der Waals surface area contributed by atoms with Crippen molar-refractivity contribution in [3.63, 3.8) is 0 Å². The summed E-state index contributed by atoms with van der Waals surface area (Å²) in [6.07, 6.45) is 5.40. The van der Waals surface area contributed by atoms with E-state index in [4.69, 9.17) is 22.6 Å². The van der Waals surface area contributed by atoms with Gasteiger partial charge in [0.15, 0.2) is 0 Å². The predicted molar refractivity (Wildman–Crippen MR) is 93.3 cm³/mol. The predicted octanol–water partition coefficient (Wildman–Crippen LogP) is 0.373. The van der Waals surface area contributed by atoms with Crippen molar-refractivity contribution in [1.82, 2.24) is 0 Å². The highest BCUT2D eigenvalue weighted by molar-refractivity contribution is 6.87. The molecule has 0 aromatic heterocycles. The van der Waals surface area contributed by atoms with E-state index in [1.54, 1.807) is 0 Å². The molecule has 0 bridgehead atoms. The minimum Gasteiger partial charge on any atom is -0.412 e. The second-order valence-electron chi connectivity index (χ2n) is 5.71. The molecule has 23 heavy (non-hydrogen) atoms. The highest BCUT2D eigenvalue weighted by atomic mass is 28.5. The molecule has 0 saturated carbocycles. The number of rotatable bonds is 9. The van der Waals surface area contributed by atoms with Gasteiger partial charge in [0.2, 0.25) is 0 Å². The van der Waals surface area contributed by atoms with E-state index in [9.17, 15) is 9.59 Å². The molecule has 1 rings (SSSR count). The lowest BCUT2D eigenvalue weighted by atomic mass is 10.4. The summed E-state index contributed by atoms with van der Waals surface area (Å²) in [6.45, 7) is 6.04. The van der Waals surface area contributed by atoms with Gasteiger partial charge in [-0.2, -0.15) is 0 Å². The topological polar surface area (TPSA) is 151 Å². The van der Waals surface area contributed by atoms with E-state index in [2.05, 4.69) is 13.8 Å². The van der Waals surface area contributed by atoms with Crippen LogP contribution in [0.2, 0.25) is 18.1 Å². The first-order chi connectivity index (χ1) is 10.1. The second-order valence-corrected chi connectivity index (χ2v) is 13.2. The number of hydrogen-bond acceptors (Lipinski definition) is 7. The Morgan fingerprint density at radius 3 is 1.30 bits per heavy atom. The summed E-state index contributed by atoms with van der Waals surface area (Å²) in [5, 5.41) is 0. The maximum Gasteiger partial charge on any atom is 0.492 e. The molecule has 8 nitrogen and oxygen atoms in total. The van der Waals surface area contributed by atoms with Crippen LogP contribution in [0, 0.1) is 0 Å². The van der Waals surface area contributed by atoms with Crippen LogP contribution in [0.15, 0.2) is 0 Å². The Labute approximate surface area is 142 Å². The third-order valence-corrected chi connectivity index (χ3v) is 11.3. The fourth-order valence-electron chi connectivity index (χ4n) is 1.92. The SMILES string of the molecule is CCCC[Si](O)(O)O.CCCC[Si]1(O)O[Si](O)(CCCC)O1.O. The molecular weight excluding hydrogens is 356 g/mol. The van der Waals surface area contributed by atoms with Gasteiger partial charge in [-0.15, -0.1) is 0 Å². The van der Waals surface area contributed by atoms with Gasteiger partial charge < -0.3 is 37.7 Å². The summed E-state index contributed by atoms with van der Waals surface area (Å²) in [5.74, 6) is 0. The molecule has 0 amide bonds. The maximum atomic E-state index is 9.75. The maximum absolute atomic E-state index is 9.75. The molecule has 1 fully saturated rings. The molecule has 142 valence electrons. The Balaban J connectivity index is 0. The summed E-state index contributed by atoms with van der Waals surface area (Å²) in [4.78, 5) is 44.7. The van der Waals surface area contributed by atoms with Gasteiger partial charge in [0, 0.05) is 18.1 Å². The third kappa shape index (κ3) is 12.4. The van der Waals surface area contributed by atoms with E-state index in [1.807, 2.05) is 6.92 Å². The van der Waals surface area contributed by atoms with Gasteiger partial charge in [0.25, 0.3) is 0 Å². The molecule has 0 unspecified atom stereocenters. The van der Waals surface area contributed by atoms with Gasteiger partial charge >= 0.3 is 26.4 Å². The van der Waals surface area contributed by atoms with Crippen LogP contribution in [0.4, 0.5) is 0 Å². The molecule has 1 heterocycles. The molecule has 1 saturated heterocycles. The zero-order valence-electron chi connectivity index (χ0n) is 14.4. The van der Waals surface area contributed by atoms with Crippen LogP contribution in [-0.2, 0) is 8.23 Å². The van der Waals surface area contributed by atoms with Crippen molar-refractivity contribution >= 4 is 26.4 Å².